The fraction of sp³-hybridized carbons (Fsp3) is 0.912. The van der Waals surface area contributed by atoms with Crippen LogP contribution in [0, 0.1) is 124 Å². The van der Waals surface area contributed by atoms with Crippen LogP contribution in [0.4, 0.5) is 79.0 Å². The van der Waals surface area contributed by atoms with Crippen molar-refractivity contribution in [2.24, 2.45) is 124 Å². The summed E-state index contributed by atoms with van der Waals surface area (Å²) < 4.78 is 267. The van der Waals surface area contributed by atoms with Gasteiger partial charge in [0.2, 0.25) is 0 Å². The summed E-state index contributed by atoms with van der Waals surface area (Å²) in [6.45, 7) is 5.48. The Morgan fingerprint density at radius 2 is 0.619 bits per heavy atom. The summed E-state index contributed by atoms with van der Waals surface area (Å²) in [4.78, 5) is 98.0. The van der Waals surface area contributed by atoms with Crippen LogP contribution in [0.5, 0.6) is 0 Å². The Bertz CT molecular complexity index is 3960. The molecule has 854 valence electrons. The number of hydrogen-bond acceptors (Lipinski definition) is 27. The summed E-state index contributed by atoms with van der Waals surface area (Å²) in [6, 6.07) is 0. The molecule has 16 aliphatic carbocycles. The zero-order chi connectivity index (χ0) is 111. The first-order valence-electron chi connectivity index (χ1n) is 51.8. The van der Waals surface area contributed by atoms with Gasteiger partial charge in [0.25, 0.3) is 0 Å². The van der Waals surface area contributed by atoms with Crippen LogP contribution in [-0.2, 0) is 85.8 Å². The highest BCUT2D eigenvalue weighted by Gasteiger charge is 2.59. The van der Waals surface area contributed by atoms with Crippen LogP contribution >= 0.6 is 0 Å². The van der Waals surface area contributed by atoms with E-state index >= 15 is 0 Å². The van der Waals surface area contributed by atoms with E-state index in [9.17, 15) is 153 Å². The molecule has 27 nitrogen and oxygen atoms in total. The average molecular weight is 2160 g/mol. The molecule has 16 rings (SSSR count). The van der Waals surface area contributed by atoms with E-state index in [1.807, 2.05) is 0 Å². The maximum Gasteiger partial charge on any atom is 0.376 e. The smallest absolute Gasteiger partial charge is 0.376 e. The third-order valence-corrected chi connectivity index (χ3v) is 31.3. The molecule has 16 fully saturated rings. The number of hydrogen-bond donors (Lipinski definition) is 9. The predicted octanol–water partition coefficient (Wildman–Crippen LogP) is 17.4. The number of esters is 9. The highest BCUT2D eigenvalue weighted by atomic mass is 19.3. The zero-order valence-electron chi connectivity index (χ0n) is 85.7. The number of aliphatic hydroxyl groups excluding tert-OH is 8. The lowest BCUT2D eigenvalue weighted by Crippen LogP contribution is -2.57. The van der Waals surface area contributed by atoms with Gasteiger partial charge in [-0.3, -0.25) is 0 Å². The highest BCUT2D eigenvalue weighted by Crippen LogP contribution is 2.62. The quantitative estimate of drug-likeness (QED) is 0.0177. The second kappa shape index (κ2) is 57.2. The molecule has 18 unspecified atom stereocenters. The number of alkyl halides is 18. The second-order valence-electron chi connectivity index (χ2n) is 44.8. The van der Waals surface area contributed by atoms with E-state index in [-0.39, 0.29) is 193 Å². The molecular weight excluding hydrogens is 2000 g/mol. The monoisotopic (exact) mass is 2160 g/mol. The van der Waals surface area contributed by atoms with Crippen LogP contribution < -0.4 is 0 Å². The standard InChI is InChI=1S/C14H20F2O3.C13H20F2O3.2C11H16F2O3.3C11H18F2O3.2C10H16F2O3/c1-12(15,16)11(17)19-8-13-3-9-2-10(4-13)6-14(18,5-9)7-13;1-13(14,15)12(17)18-7-11-9-4-2-8(3-5-9)10(11)6-16;1-11(12,13)10(15)16-5-8-3-7-2-6(8)4-9(7)14;1-11(12,13)10(15)16-5-7-2-6-3-8(7)9(14)4-6;1-11(12,13)10(15)16-7-9-4-2-8(6-14)3-5-9;1-11(12,13)10(15)16-7-9-4-2-3-8(5-9)6-14;1-11(12,13)10(15)16-7-9-5-3-2-4-8(9)6-14;1-10(11,12)9(14)15-6-7-2-4-8(13)5-3-7;1-10(11,12)9(14)15-6-7-3-2-4-8(13)5-7/h9-10,18H,2-8H2,1H3;8-11,16H,2-7H2,1H3;2*6-9,14H,2-5H2,1H3;3*8-9,14H,2-7H2,1H3;2*7-8,13H,2-6H2,1H3. The molecule has 0 radical (unpaired) electrons. The minimum Gasteiger partial charge on any atom is -0.461 e. The molecule has 0 spiro atoms. The molecule has 0 aromatic rings. The van der Waals surface area contributed by atoms with Crippen molar-refractivity contribution in [2.45, 2.75) is 377 Å². The normalized spacial score (nSPS) is 32.6. The first-order chi connectivity index (χ1) is 68.0. The number of halogens is 18. The fourth-order valence-corrected chi connectivity index (χ4v) is 23.7. The molecule has 0 aromatic carbocycles. The summed E-state index contributed by atoms with van der Waals surface area (Å²) >= 11 is 0. The van der Waals surface area contributed by atoms with Crippen molar-refractivity contribution in [1.82, 2.24) is 0 Å². The van der Waals surface area contributed by atoms with Crippen molar-refractivity contribution in [3.63, 3.8) is 0 Å². The molecule has 0 aromatic heterocycles. The van der Waals surface area contributed by atoms with Crippen molar-refractivity contribution in [3.05, 3.63) is 0 Å². The highest BCUT2D eigenvalue weighted by molar-refractivity contribution is 5.80. The lowest BCUT2D eigenvalue weighted by Gasteiger charge is -2.59. The molecular formula is C102H158F18O27. The third-order valence-electron chi connectivity index (χ3n) is 31.3. The topological polar surface area (TPSA) is 419 Å². The molecule has 0 heterocycles. The Morgan fingerprint density at radius 1 is 0.259 bits per heavy atom. The van der Waals surface area contributed by atoms with Crippen LogP contribution in [0.15, 0.2) is 0 Å². The number of aliphatic hydroxyl groups is 9. The van der Waals surface area contributed by atoms with E-state index in [0.29, 0.717) is 129 Å². The zero-order valence-corrected chi connectivity index (χ0v) is 85.7. The number of fused-ring (bicyclic) bond motifs is 7. The van der Waals surface area contributed by atoms with E-state index in [4.69, 9.17) is 24.8 Å². The fourth-order valence-electron chi connectivity index (χ4n) is 23.7. The molecule has 45 heteroatoms. The molecule has 0 saturated heterocycles. The second-order valence-corrected chi connectivity index (χ2v) is 44.8. The van der Waals surface area contributed by atoms with Gasteiger partial charge in [0.1, 0.15) is 0 Å². The van der Waals surface area contributed by atoms with Gasteiger partial charge in [-0.25, -0.2) is 43.2 Å². The van der Waals surface area contributed by atoms with Crippen LogP contribution in [0.3, 0.4) is 0 Å². The molecule has 16 aliphatic rings. The minimum absolute atomic E-state index is 0.00646. The van der Waals surface area contributed by atoms with Crippen LogP contribution in [-0.4, -0.2) is 269 Å². The molecule has 0 amide bonds. The molecule has 147 heavy (non-hydrogen) atoms. The van der Waals surface area contributed by atoms with Gasteiger partial charge in [0.15, 0.2) is 0 Å². The van der Waals surface area contributed by atoms with Gasteiger partial charge in [-0.2, -0.15) is 79.0 Å². The number of carbonyl (C=O) groups excluding carboxylic acids is 9. The van der Waals surface area contributed by atoms with E-state index < -0.39 is 113 Å². The maximum absolute atomic E-state index is 12.8. The SMILES string of the molecule is CC(F)(F)C(=O)OCC12CC3CC(CC(O)(C3)C1)C2.CC(F)(F)C(=O)OCC1C2CCC(CC2)C1CO.CC(F)(F)C(=O)OCC1CC2CC(O)C1C2.CC(F)(F)C(=O)OCC1CC2CC1CC2O.CC(F)(F)C(=O)OCC1CCC(CO)CC1.CC(F)(F)C(=O)OCC1CCC(O)CC1.CC(F)(F)C(=O)OCC1CCCC(CO)C1.CC(F)(F)C(=O)OCC1CCCC(O)C1.CC(F)(F)C(=O)OCC1CCCCC1CO. The van der Waals surface area contributed by atoms with E-state index in [2.05, 4.69) is 33.2 Å². The first-order valence-corrected chi connectivity index (χ1v) is 51.8. The van der Waals surface area contributed by atoms with Gasteiger partial charge in [-0.15, -0.1) is 0 Å². The summed E-state index contributed by atoms with van der Waals surface area (Å²) in [5, 5.41) is 84.6. The average Bonchev–Trinajstić information content (AvgIpc) is 1.38. The Kier molecular flexibility index (Phi) is 50.3. The summed E-state index contributed by atoms with van der Waals surface area (Å²) in [5.74, 6) is -39.5. The number of carbonyl (C=O) groups is 9. The van der Waals surface area contributed by atoms with Gasteiger partial charge in [0.05, 0.1) is 89.5 Å². The lowest BCUT2D eigenvalue weighted by atomic mass is 9.48. The van der Waals surface area contributed by atoms with Crippen LogP contribution in [0.25, 0.3) is 0 Å². The maximum atomic E-state index is 12.8. The van der Waals surface area contributed by atoms with Gasteiger partial charge in [0, 0.05) is 100 Å². The molecule has 18 atom stereocenters. The van der Waals surface area contributed by atoms with Crippen molar-refractivity contribution in [3.8, 4) is 0 Å². The van der Waals surface area contributed by atoms with Crippen molar-refractivity contribution in [1.29, 1.82) is 0 Å². The molecule has 10 bridgehead atoms. The molecule has 9 N–H and O–H groups in total. The van der Waals surface area contributed by atoms with Gasteiger partial charge in [-0.1, -0.05) is 25.7 Å². The summed E-state index contributed by atoms with van der Waals surface area (Å²) in [5.41, 5.74) is -0.912. The van der Waals surface area contributed by atoms with Crippen LogP contribution in [0.2, 0.25) is 0 Å². The van der Waals surface area contributed by atoms with Gasteiger partial charge >= 0.3 is 107 Å². The van der Waals surface area contributed by atoms with Crippen molar-refractivity contribution < 1.29 is 211 Å². The Labute approximate surface area is 847 Å². The van der Waals surface area contributed by atoms with Crippen molar-refractivity contribution in [2.75, 3.05) is 85.9 Å². The van der Waals surface area contributed by atoms with E-state index in [1.54, 1.807) is 0 Å². The minimum atomic E-state index is -3.43. The lowest BCUT2D eigenvalue weighted by molar-refractivity contribution is -0.197. The Balaban J connectivity index is 0.000000253. The summed E-state index contributed by atoms with van der Waals surface area (Å²) in [7, 11) is 0. The van der Waals surface area contributed by atoms with Gasteiger partial charge < -0.3 is 88.6 Å². The van der Waals surface area contributed by atoms with Crippen molar-refractivity contribution >= 4 is 53.7 Å². The predicted molar refractivity (Wildman–Crippen MR) is 490 cm³/mol. The molecule has 0 aliphatic heterocycles. The number of rotatable bonds is 31. The first kappa shape index (κ1) is 129. The molecule has 16 saturated carbocycles. The largest absolute Gasteiger partial charge is 0.461 e. The van der Waals surface area contributed by atoms with Gasteiger partial charge in [-0.05, 0) is 318 Å². The van der Waals surface area contributed by atoms with E-state index in [0.717, 1.165) is 205 Å². The number of ether oxygens (including phenoxy) is 9. The Morgan fingerprint density at radius 3 is 0.993 bits per heavy atom. The summed E-state index contributed by atoms with van der Waals surface area (Å²) in [6.07, 6.45) is 29.7. The Hall–Kier alpha value is -6.39. The van der Waals surface area contributed by atoms with Crippen LogP contribution in [0.1, 0.15) is 293 Å². The third kappa shape index (κ3) is 44.2. The van der Waals surface area contributed by atoms with E-state index in [1.165, 1.54) is 0 Å².